The molecular formula is C15H15NO3S2. The van der Waals surface area contributed by atoms with Crippen molar-refractivity contribution in [2.24, 2.45) is 0 Å². The van der Waals surface area contributed by atoms with Gasteiger partial charge >= 0.3 is 0 Å². The van der Waals surface area contributed by atoms with Crippen molar-refractivity contribution < 1.29 is 13.5 Å². The highest BCUT2D eigenvalue weighted by atomic mass is 32.2. The standard InChI is InChI=1S/C15H15NO3S2/c1-12-8-10-20-14(12)11-16-21(18,19)15-7-3-2-5-13(15)6-4-9-17/h2-3,5,7-8,10,16-17H,9,11H2,1H3. The van der Waals surface area contributed by atoms with Crippen LogP contribution < -0.4 is 4.72 Å². The average Bonchev–Trinajstić information content (AvgIpc) is 2.89. The molecule has 0 aliphatic carbocycles. The van der Waals surface area contributed by atoms with Crippen molar-refractivity contribution in [1.29, 1.82) is 0 Å². The lowest BCUT2D eigenvalue weighted by Gasteiger charge is -2.08. The topological polar surface area (TPSA) is 66.4 Å². The Morgan fingerprint density at radius 1 is 1.29 bits per heavy atom. The molecular weight excluding hydrogens is 306 g/mol. The third kappa shape index (κ3) is 3.93. The Balaban J connectivity index is 2.26. The highest BCUT2D eigenvalue weighted by Gasteiger charge is 2.17. The maximum atomic E-state index is 12.4. The van der Waals surface area contributed by atoms with E-state index in [-0.39, 0.29) is 18.0 Å². The Bertz CT molecular complexity index is 782. The molecule has 1 heterocycles. The van der Waals surface area contributed by atoms with Gasteiger partial charge in [-0.15, -0.1) is 11.3 Å². The van der Waals surface area contributed by atoms with Crippen molar-refractivity contribution in [2.45, 2.75) is 18.4 Å². The number of hydrogen-bond donors (Lipinski definition) is 2. The first-order valence-corrected chi connectivity index (χ1v) is 8.62. The van der Waals surface area contributed by atoms with Crippen molar-refractivity contribution in [1.82, 2.24) is 4.72 Å². The monoisotopic (exact) mass is 321 g/mol. The van der Waals surface area contributed by atoms with Gasteiger partial charge in [-0.05, 0) is 36.1 Å². The van der Waals surface area contributed by atoms with E-state index in [4.69, 9.17) is 5.11 Å². The lowest BCUT2D eigenvalue weighted by molar-refractivity contribution is 0.350. The fourth-order valence-electron chi connectivity index (χ4n) is 1.76. The van der Waals surface area contributed by atoms with Gasteiger partial charge in [-0.2, -0.15) is 0 Å². The quantitative estimate of drug-likeness (QED) is 0.845. The zero-order chi connectivity index (χ0) is 15.3. The number of aliphatic hydroxyl groups is 1. The lowest BCUT2D eigenvalue weighted by Crippen LogP contribution is -2.23. The summed E-state index contributed by atoms with van der Waals surface area (Å²) in [6, 6.07) is 8.44. The number of aliphatic hydroxyl groups excluding tert-OH is 1. The van der Waals surface area contributed by atoms with E-state index < -0.39 is 10.0 Å². The fraction of sp³-hybridized carbons (Fsp3) is 0.200. The van der Waals surface area contributed by atoms with Crippen molar-refractivity contribution in [2.75, 3.05) is 6.61 Å². The van der Waals surface area contributed by atoms with Gasteiger partial charge < -0.3 is 5.11 Å². The van der Waals surface area contributed by atoms with Gasteiger partial charge in [0.05, 0.1) is 4.90 Å². The first-order chi connectivity index (χ1) is 10.0. The predicted molar refractivity (Wildman–Crippen MR) is 83.5 cm³/mol. The van der Waals surface area contributed by atoms with Crippen molar-refractivity contribution in [3.05, 3.63) is 51.7 Å². The number of thiophene rings is 1. The number of nitrogens with one attached hydrogen (secondary N) is 1. The minimum atomic E-state index is -3.64. The summed E-state index contributed by atoms with van der Waals surface area (Å²) in [7, 11) is -3.64. The van der Waals surface area contributed by atoms with Crippen LogP contribution in [0.1, 0.15) is 16.0 Å². The van der Waals surface area contributed by atoms with Crippen LogP contribution in [-0.2, 0) is 16.6 Å². The lowest BCUT2D eigenvalue weighted by atomic mass is 10.2. The van der Waals surface area contributed by atoms with Crippen molar-refractivity contribution in [3.8, 4) is 11.8 Å². The largest absolute Gasteiger partial charge is 0.384 e. The Morgan fingerprint density at radius 2 is 2.05 bits per heavy atom. The molecule has 6 heteroatoms. The first kappa shape index (κ1) is 15.7. The van der Waals surface area contributed by atoms with Gasteiger partial charge in [-0.3, -0.25) is 0 Å². The predicted octanol–water partition coefficient (Wildman–Crippen LogP) is 1.88. The van der Waals surface area contributed by atoms with E-state index in [1.54, 1.807) is 18.2 Å². The van der Waals surface area contributed by atoms with E-state index in [1.165, 1.54) is 17.4 Å². The highest BCUT2D eigenvalue weighted by molar-refractivity contribution is 7.89. The molecule has 0 fully saturated rings. The van der Waals surface area contributed by atoms with Crippen molar-refractivity contribution >= 4 is 21.4 Å². The Kier molecular flexibility index (Phi) is 5.15. The van der Waals surface area contributed by atoms with Crippen LogP contribution in [0.15, 0.2) is 40.6 Å². The van der Waals surface area contributed by atoms with Crippen LogP contribution in [-0.4, -0.2) is 20.1 Å². The summed E-state index contributed by atoms with van der Waals surface area (Å²) >= 11 is 1.52. The van der Waals surface area contributed by atoms with Crippen LogP contribution in [0.3, 0.4) is 0 Å². The Labute approximate surface area is 128 Å². The second-order valence-corrected chi connectivity index (χ2v) is 7.04. The van der Waals surface area contributed by atoms with Crippen LogP contribution in [0.4, 0.5) is 0 Å². The summed E-state index contributed by atoms with van der Waals surface area (Å²) in [5.41, 5.74) is 1.44. The van der Waals surface area contributed by atoms with Gasteiger partial charge in [0, 0.05) is 17.0 Å². The number of rotatable bonds is 4. The summed E-state index contributed by atoms with van der Waals surface area (Å²) in [6.45, 7) is 1.89. The van der Waals surface area contributed by atoms with Crippen LogP contribution in [0.2, 0.25) is 0 Å². The van der Waals surface area contributed by atoms with Gasteiger partial charge in [0.25, 0.3) is 0 Å². The molecule has 0 aliphatic rings. The third-order valence-electron chi connectivity index (χ3n) is 2.87. The van der Waals surface area contributed by atoms with E-state index in [0.717, 1.165) is 10.4 Å². The second-order valence-electron chi connectivity index (χ2n) is 4.31. The number of hydrogen-bond acceptors (Lipinski definition) is 4. The molecule has 0 saturated heterocycles. The van der Waals surface area contributed by atoms with Crippen LogP contribution >= 0.6 is 11.3 Å². The zero-order valence-corrected chi connectivity index (χ0v) is 13.1. The zero-order valence-electron chi connectivity index (χ0n) is 11.5. The van der Waals surface area contributed by atoms with Gasteiger partial charge in [-0.25, -0.2) is 13.1 Å². The van der Waals surface area contributed by atoms with E-state index in [9.17, 15) is 8.42 Å². The minimum Gasteiger partial charge on any atom is -0.384 e. The number of sulfonamides is 1. The van der Waals surface area contributed by atoms with Crippen LogP contribution in [0, 0.1) is 18.8 Å². The number of aryl methyl sites for hydroxylation is 1. The molecule has 21 heavy (non-hydrogen) atoms. The second kappa shape index (κ2) is 6.87. The maximum absolute atomic E-state index is 12.4. The molecule has 0 aliphatic heterocycles. The molecule has 1 aromatic carbocycles. The van der Waals surface area contributed by atoms with Gasteiger partial charge in [0.15, 0.2) is 0 Å². The molecule has 1 aromatic heterocycles. The molecule has 0 amide bonds. The molecule has 0 atom stereocenters. The molecule has 110 valence electrons. The summed E-state index contributed by atoms with van der Waals surface area (Å²) < 4.78 is 27.4. The summed E-state index contributed by atoms with van der Waals surface area (Å²) in [4.78, 5) is 1.11. The van der Waals surface area contributed by atoms with Crippen molar-refractivity contribution in [3.63, 3.8) is 0 Å². The Morgan fingerprint density at radius 3 is 2.71 bits per heavy atom. The molecule has 0 spiro atoms. The normalized spacial score (nSPS) is 11.0. The molecule has 0 saturated carbocycles. The minimum absolute atomic E-state index is 0.125. The SMILES string of the molecule is Cc1ccsc1CNS(=O)(=O)c1ccccc1C#CCO. The fourth-order valence-corrected chi connectivity index (χ4v) is 3.86. The average molecular weight is 321 g/mol. The molecule has 0 radical (unpaired) electrons. The molecule has 2 N–H and O–H groups in total. The van der Waals surface area contributed by atoms with E-state index in [0.29, 0.717) is 5.56 Å². The molecule has 2 rings (SSSR count). The van der Waals surface area contributed by atoms with E-state index in [1.807, 2.05) is 18.4 Å². The van der Waals surface area contributed by atoms with Gasteiger partial charge in [0.2, 0.25) is 10.0 Å². The molecule has 2 aromatic rings. The highest BCUT2D eigenvalue weighted by Crippen LogP contribution is 2.18. The molecule has 0 unspecified atom stereocenters. The molecule has 0 bridgehead atoms. The summed E-state index contributed by atoms with van der Waals surface area (Å²) in [6.07, 6.45) is 0. The van der Waals surface area contributed by atoms with Crippen LogP contribution in [0.5, 0.6) is 0 Å². The first-order valence-electron chi connectivity index (χ1n) is 6.26. The van der Waals surface area contributed by atoms with Gasteiger partial charge in [0.1, 0.15) is 6.61 Å². The molecule has 4 nitrogen and oxygen atoms in total. The summed E-state index contributed by atoms with van der Waals surface area (Å²) in [5, 5.41) is 10.7. The number of benzene rings is 1. The van der Waals surface area contributed by atoms with Gasteiger partial charge in [-0.1, -0.05) is 24.0 Å². The van der Waals surface area contributed by atoms with Crippen LogP contribution in [0.25, 0.3) is 0 Å². The third-order valence-corrected chi connectivity index (χ3v) is 5.35. The maximum Gasteiger partial charge on any atom is 0.242 e. The smallest absolute Gasteiger partial charge is 0.242 e. The van der Waals surface area contributed by atoms with E-state index in [2.05, 4.69) is 16.6 Å². The summed E-state index contributed by atoms with van der Waals surface area (Å²) in [5.74, 6) is 5.13. The Hall–Kier alpha value is -1.65. The van der Waals surface area contributed by atoms with E-state index >= 15 is 0 Å².